The summed E-state index contributed by atoms with van der Waals surface area (Å²) < 4.78 is 0. The minimum absolute atomic E-state index is 0.0124. The predicted molar refractivity (Wildman–Crippen MR) is 139 cm³/mol. The average Bonchev–Trinajstić information content (AvgIpc) is 3.29. The number of carbonyl (C=O) groups excluding carboxylic acids is 1. The van der Waals surface area contributed by atoms with Gasteiger partial charge in [0, 0.05) is 40.8 Å². The molecule has 3 aromatic carbocycles. The van der Waals surface area contributed by atoms with E-state index in [1.165, 1.54) is 29.3 Å². The number of nitro benzene ring substituents is 2. The second kappa shape index (κ2) is 9.94. The molecule has 0 radical (unpaired) electrons. The quantitative estimate of drug-likeness (QED) is 0.280. The van der Waals surface area contributed by atoms with Gasteiger partial charge in [-0.25, -0.2) is 5.01 Å². The van der Waals surface area contributed by atoms with Crippen LogP contribution in [0.1, 0.15) is 46.8 Å². The smallest absolute Gasteiger partial charge is 0.267 e. The molecule has 3 aromatic rings. The van der Waals surface area contributed by atoms with Gasteiger partial charge >= 0.3 is 0 Å². The number of hydrogen-bond acceptors (Lipinski definition) is 6. The van der Waals surface area contributed by atoms with Crippen LogP contribution in [0.5, 0.6) is 0 Å². The molecule has 1 amide bonds. The van der Waals surface area contributed by atoms with Crippen molar-refractivity contribution in [3.05, 3.63) is 120 Å². The Balaban J connectivity index is 1.56. The number of rotatable bonds is 5. The van der Waals surface area contributed by atoms with Crippen LogP contribution in [0.4, 0.5) is 11.4 Å². The summed E-state index contributed by atoms with van der Waals surface area (Å²) in [6, 6.07) is 18.7. The second-order valence-electron chi connectivity index (χ2n) is 8.96. The first kappa shape index (κ1) is 24.3. The minimum atomic E-state index is -0.457. The van der Waals surface area contributed by atoms with Gasteiger partial charge in [-0.3, -0.25) is 25.0 Å². The Morgan fingerprint density at radius 1 is 0.973 bits per heavy atom. The third-order valence-corrected chi connectivity index (χ3v) is 6.91. The molecule has 0 spiro atoms. The van der Waals surface area contributed by atoms with Gasteiger partial charge in [-0.1, -0.05) is 29.8 Å². The van der Waals surface area contributed by atoms with E-state index in [9.17, 15) is 25.0 Å². The molecule has 5 rings (SSSR count). The fourth-order valence-electron chi connectivity index (χ4n) is 4.94. The van der Waals surface area contributed by atoms with Gasteiger partial charge in [0.2, 0.25) is 0 Å². The van der Waals surface area contributed by atoms with Gasteiger partial charge in [0.15, 0.2) is 0 Å². The molecule has 0 N–H and O–H groups in total. The summed E-state index contributed by atoms with van der Waals surface area (Å²) in [5.74, 6) is -0.426. The number of halogens is 1. The van der Waals surface area contributed by atoms with E-state index in [-0.39, 0.29) is 23.2 Å². The van der Waals surface area contributed by atoms with Gasteiger partial charge in [-0.2, -0.15) is 5.10 Å². The summed E-state index contributed by atoms with van der Waals surface area (Å²) in [7, 11) is 0. The highest BCUT2D eigenvalue weighted by Gasteiger charge is 2.44. The maximum atomic E-state index is 13.6. The molecule has 37 heavy (non-hydrogen) atoms. The van der Waals surface area contributed by atoms with Gasteiger partial charge < -0.3 is 0 Å². The van der Waals surface area contributed by atoms with E-state index in [2.05, 4.69) is 0 Å². The van der Waals surface area contributed by atoms with Gasteiger partial charge in [0.1, 0.15) is 0 Å². The number of carbonyl (C=O) groups is 1. The molecule has 0 unspecified atom stereocenters. The molecule has 0 aromatic heterocycles. The first-order valence-corrected chi connectivity index (χ1v) is 12.1. The molecule has 2 aliphatic rings. The Bertz CT molecular complexity index is 1450. The summed E-state index contributed by atoms with van der Waals surface area (Å²) in [6.07, 6.45) is 4.36. The van der Waals surface area contributed by atoms with E-state index in [4.69, 9.17) is 16.7 Å². The lowest BCUT2D eigenvalue weighted by Gasteiger charge is -2.29. The Hall–Kier alpha value is -4.37. The largest absolute Gasteiger partial charge is 0.274 e. The number of nitrogens with zero attached hydrogens (tertiary/aromatic N) is 4. The van der Waals surface area contributed by atoms with Crippen LogP contribution in [0, 0.1) is 26.1 Å². The van der Waals surface area contributed by atoms with Crippen molar-refractivity contribution in [1.82, 2.24) is 5.01 Å². The molecular weight excluding hydrogens is 496 g/mol. The van der Waals surface area contributed by atoms with Crippen molar-refractivity contribution in [2.24, 2.45) is 11.0 Å². The number of amides is 1. The highest BCUT2D eigenvalue weighted by atomic mass is 35.5. The van der Waals surface area contributed by atoms with E-state index in [1.54, 1.807) is 48.5 Å². The standard InChI is InChI=1S/C27H21ClN4O5/c28-21-5-1-4-20(16-21)27(33)30-26(18-9-13-23(14-10-18)32(36)37)24-6-2-3-19(25(24)29-30)15-17-7-11-22(12-8-17)31(34)35/h1,4-5,7-16,24,26H,2-3,6H2/b19-15+/t24-,26+/m0/s1. The van der Waals surface area contributed by atoms with Crippen LogP contribution < -0.4 is 0 Å². The van der Waals surface area contributed by atoms with Crippen LogP contribution in [0.15, 0.2) is 83.5 Å². The Morgan fingerprint density at radius 2 is 1.62 bits per heavy atom. The maximum absolute atomic E-state index is 13.6. The molecule has 1 aliphatic carbocycles. The first-order chi connectivity index (χ1) is 17.8. The summed E-state index contributed by atoms with van der Waals surface area (Å²) >= 11 is 6.14. The molecule has 0 saturated heterocycles. The van der Waals surface area contributed by atoms with E-state index < -0.39 is 15.9 Å². The van der Waals surface area contributed by atoms with E-state index in [0.717, 1.165) is 41.7 Å². The van der Waals surface area contributed by atoms with Crippen LogP contribution >= 0.6 is 11.6 Å². The zero-order chi connectivity index (χ0) is 26.1. The second-order valence-corrected chi connectivity index (χ2v) is 9.39. The monoisotopic (exact) mass is 516 g/mol. The molecule has 1 saturated carbocycles. The fraction of sp³-hybridized carbons (Fsp3) is 0.185. The Morgan fingerprint density at radius 3 is 2.24 bits per heavy atom. The number of nitro groups is 2. The van der Waals surface area contributed by atoms with Gasteiger partial charge in [-0.15, -0.1) is 0 Å². The van der Waals surface area contributed by atoms with Crippen molar-refractivity contribution in [1.29, 1.82) is 0 Å². The highest BCUT2D eigenvalue weighted by molar-refractivity contribution is 6.31. The van der Waals surface area contributed by atoms with Crippen LogP contribution in [-0.4, -0.2) is 26.5 Å². The SMILES string of the molecule is O=C(c1cccc(Cl)c1)N1N=C2/C(=C/c3ccc([N+](=O)[O-])cc3)CCC[C@@H]2[C@H]1c1ccc([N+](=O)[O-])cc1. The summed E-state index contributed by atoms with van der Waals surface area (Å²) in [5, 5.41) is 28.9. The van der Waals surface area contributed by atoms with Crippen LogP contribution in [0.25, 0.3) is 6.08 Å². The molecule has 10 heteroatoms. The van der Waals surface area contributed by atoms with Crippen molar-refractivity contribution >= 4 is 40.7 Å². The number of allylic oxidation sites excluding steroid dienone is 1. The van der Waals surface area contributed by atoms with Crippen LogP contribution in [0.3, 0.4) is 0 Å². The van der Waals surface area contributed by atoms with E-state index >= 15 is 0 Å². The zero-order valence-electron chi connectivity index (χ0n) is 19.5. The first-order valence-electron chi connectivity index (χ1n) is 11.7. The predicted octanol–water partition coefficient (Wildman–Crippen LogP) is 6.59. The van der Waals surface area contributed by atoms with Crippen molar-refractivity contribution in [2.45, 2.75) is 25.3 Å². The van der Waals surface area contributed by atoms with Gasteiger partial charge in [0.25, 0.3) is 17.3 Å². The third-order valence-electron chi connectivity index (χ3n) is 6.67. The molecule has 1 fully saturated rings. The molecule has 186 valence electrons. The zero-order valence-corrected chi connectivity index (χ0v) is 20.2. The number of fused-ring (bicyclic) bond motifs is 1. The number of benzene rings is 3. The van der Waals surface area contributed by atoms with Gasteiger partial charge in [0.05, 0.1) is 21.6 Å². The Kier molecular flexibility index (Phi) is 6.54. The summed E-state index contributed by atoms with van der Waals surface area (Å²) in [6.45, 7) is 0. The van der Waals surface area contributed by atoms with Crippen molar-refractivity contribution in [2.75, 3.05) is 0 Å². The number of hydrogen-bond donors (Lipinski definition) is 0. The highest BCUT2D eigenvalue weighted by Crippen LogP contribution is 2.45. The number of hydrazone groups is 1. The molecule has 2 atom stereocenters. The maximum Gasteiger partial charge on any atom is 0.274 e. The molecule has 9 nitrogen and oxygen atoms in total. The fourth-order valence-corrected chi connectivity index (χ4v) is 5.13. The molecule has 0 bridgehead atoms. The van der Waals surface area contributed by atoms with E-state index in [1.807, 2.05) is 6.08 Å². The third kappa shape index (κ3) is 4.85. The minimum Gasteiger partial charge on any atom is -0.267 e. The van der Waals surface area contributed by atoms with Crippen molar-refractivity contribution in [3.8, 4) is 0 Å². The summed E-state index contributed by atoms with van der Waals surface area (Å²) in [5.41, 5.74) is 3.67. The van der Waals surface area contributed by atoms with Crippen molar-refractivity contribution in [3.63, 3.8) is 0 Å². The molecular formula is C27H21ClN4O5. The number of non-ortho nitro benzene ring substituents is 2. The lowest BCUT2D eigenvalue weighted by molar-refractivity contribution is -0.385. The van der Waals surface area contributed by atoms with Gasteiger partial charge in [-0.05, 0) is 72.4 Å². The van der Waals surface area contributed by atoms with E-state index in [0.29, 0.717) is 10.6 Å². The van der Waals surface area contributed by atoms with Crippen LogP contribution in [-0.2, 0) is 0 Å². The molecule has 1 heterocycles. The Labute approximate surface area is 217 Å². The summed E-state index contributed by atoms with van der Waals surface area (Å²) in [4.78, 5) is 34.9. The average molecular weight is 517 g/mol. The normalized spacial score (nSPS) is 19.9. The topological polar surface area (TPSA) is 119 Å². The lowest BCUT2D eigenvalue weighted by atomic mass is 9.77. The van der Waals surface area contributed by atoms with Crippen LogP contribution in [0.2, 0.25) is 5.02 Å². The van der Waals surface area contributed by atoms with Crippen molar-refractivity contribution < 1.29 is 14.6 Å². The molecule has 1 aliphatic heterocycles. The lowest BCUT2D eigenvalue weighted by Crippen LogP contribution is -2.31.